The molecule has 0 rings (SSSR count). The summed E-state index contributed by atoms with van der Waals surface area (Å²) in [6.45, 7) is 11.3. The van der Waals surface area contributed by atoms with Crippen LogP contribution in [0.25, 0.3) is 0 Å². The Balaban J connectivity index is 4.58. The smallest absolute Gasteiger partial charge is 0.0101 e. The molecule has 0 saturated carbocycles. The minimum atomic E-state index is 0.673. The predicted octanol–water partition coefficient (Wildman–Crippen LogP) is 5.92. The SMILES string of the molecule is CC=CCC(C=CCCC)=CC(C)C(C)CC. The number of rotatable bonds is 8. The minimum absolute atomic E-state index is 0.673. The van der Waals surface area contributed by atoms with Gasteiger partial charge in [-0.25, -0.2) is 0 Å². The lowest BCUT2D eigenvalue weighted by atomic mass is 9.91. The maximum absolute atomic E-state index is 2.44. The van der Waals surface area contributed by atoms with E-state index in [0.717, 1.165) is 12.3 Å². The molecule has 0 spiro atoms. The second kappa shape index (κ2) is 10.4. The maximum atomic E-state index is 2.44. The number of allylic oxidation sites excluding steroid dienone is 6. The Morgan fingerprint density at radius 3 is 2.35 bits per heavy atom. The molecule has 0 heterocycles. The number of hydrogen-bond donors (Lipinski definition) is 0. The molecule has 0 heteroatoms. The van der Waals surface area contributed by atoms with Crippen LogP contribution in [-0.4, -0.2) is 0 Å². The van der Waals surface area contributed by atoms with Gasteiger partial charge in [0.2, 0.25) is 0 Å². The Hall–Kier alpha value is -0.780. The van der Waals surface area contributed by atoms with E-state index in [1.165, 1.54) is 24.8 Å². The van der Waals surface area contributed by atoms with E-state index in [2.05, 4.69) is 65.0 Å². The fourth-order valence-electron chi connectivity index (χ4n) is 1.72. The van der Waals surface area contributed by atoms with Gasteiger partial charge in [-0.3, -0.25) is 0 Å². The first kappa shape index (κ1) is 16.2. The molecule has 2 unspecified atom stereocenters. The zero-order chi connectivity index (χ0) is 13.1. The van der Waals surface area contributed by atoms with E-state index in [-0.39, 0.29) is 0 Å². The molecule has 0 aromatic heterocycles. The zero-order valence-electron chi connectivity index (χ0n) is 12.4. The van der Waals surface area contributed by atoms with Crippen LogP contribution >= 0.6 is 0 Å². The van der Waals surface area contributed by atoms with E-state index in [4.69, 9.17) is 0 Å². The molecule has 0 aliphatic rings. The largest absolute Gasteiger partial charge is 0.0913 e. The summed E-state index contributed by atoms with van der Waals surface area (Å²) in [5.41, 5.74) is 1.46. The molecule has 0 saturated heterocycles. The van der Waals surface area contributed by atoms with Crippen LogP contribution in [0, 0.1) is 11.8 Å². The van der Waals surface area contributed by atoms with Gasteiger partial charge in [0.05, 0.1) is 0 Å². The van der Waals surface area contributed by atoms with Gasteiger partial charge in [-0.1, -0.05) is 70.9 Å². The molecule has 0 radical (unpaired) electrons. The van der Waals surface area contributed by atoms with Gasteiger partial charge in [-0.05, 0) is 37.2 Å². The molecule has 98 valence electrons. The first-order valence-corrected chi connectivity index (χ1v) is 7.14. The lowest BCUT2D eigenvalue weighted by molar-refractivity contribution is 0.445. The topological polar surface area (TPSA) is 0 Å². The molecule has 0 nitrogen and oxygen atoms in total. The highest BCUT2D eigenvalue weighted by molar-refractivity contribution is 5.22. The van der Waals surface area contributed by atoms with Gasteiger partial charge < -0.3 is 0 Å². The summed E-state index contributed by atoms with van der Waals surface area (Å²) in [7, 11) is 0. The van der Waals surface area contributed by atoms with Crippen molar-refractivity contribution >= 4 is 0 Å². The van der Waals surface area contributed by atoms with Crippen molar-refractivity contribution in [3.63, 3.8) is 0 Å². The molecule has 0 aromatic rings. The molecule has 0 aliphatic heterocycles. The molecule has 2 atom stereocenters. The van der Waals surface area contributed by atoms with E-state index in [9.17, 15) is 0 Å². The van der Waals surface area contributed by atoms with Gasteiger partial charge in [-0.15, -0.1) is 0 Å². The highest BCUT2D eigenvalue weighted by atomic mass is 14.1. The Morgan fingerprint density at radius 1 is 1.12 bits per heavy atom. The molecule has 0 aliphatic carbocycles. The fraction of sp³-hybridized carbons (Fsp3) is 0.647. The third-order valence-corrected chi connectivity index (χ3v) is 3.40. The Morgan fingerprint density at radius 2 is 1.82 bits per heavy atom. The van der Waals surface area contributed by atoms with Gasteiger partial charge in [0.1, 0.15) is 0 Å². The van der Waals surface area contributed by atoms with Crippen LogP contribution in [0.3, 0.4) is 0 Å². The van der Waals surface area contributed by atoms with Crippen LogP contribution in [0.15, 0.2) is 36.0 Å². The molecule has 0 amide bonds. The van der Waals surface area contributed by atoms with E-state index in [1.54, 1.807) is 0 Å². The highest BCUT2D eigenvalue weighted by Crippen LogP contribution is 2.19. The monoisotopic (exact) mass is 234 g/mol. The van der Waals surface area contributed by atoms with E-state index in [1.807, 2.05) is 0 Å². The Labute approximate surface area is 109 Å². The van der Waals surface area contributed by atoms with Crippen molar-refractivity contribution in [2.75, 3.05) is 0 Å². The summed E-state index contributed by atoms with van der Waals surface area (Å²) in [5.74, 6) is 1.45. The normalized spacial score (nSPS) is 16.9. The minimum Gasteiger partial charge on any atom is -0.0913 e. The Kier molecular flexibility index (Phi) is 9.90. The summed E-state index contributed by atoms with van der Waals surface area (Å²) in [6.07, 6.45) is 16.2. The van der Waals surface area contributed by atoms with Crippen molar-refractivity contribution in [1.82, 2.24) is 0 Å². The summed E-state index contributed by atoms with van der Waals surface area (Å²) < 4.78 is 0. The highest BCUT2D eigenvalue weighted by Gasteiger charge is 2.07. The maximum Gasteiger partial charge on any atom is -0.0101 e. The summed E-state index contributed by atoms with van der Waals surface area (Å²) >= 11 is 0. The van der Waals surface area contributed by atoms with Crippen molar-refractivity contribution in [2.24, 2.45) is 11.8 Å². The van der Waals surface area contributed by atoms with Crippen LogP contribution < -0.4 is 0 Å². The molecular weight excluding hydrogens is 204 g/mol. The first-order valence-electron chi connectivity index (χ1n) is 7.14. The molecule has 0 bridgehead atoms. The zero-order valence-corrected chi connectivity index (χ0v) is 12.4. The van der Waals surface area contributed by atoms with Crippen molar-refractivity contribution in [1.29, 1.82) is 0 Å². The fourth-order valence-corrected chi connectivity index (χ4v) is 1.72. The van der Waals surface area contributed by atoms with Crippen LogP contribution in [0.2, 0.25) is 0 Å². The average Bonchev–Trinajstić information content (AvgIpc) is 2.34. The molecule has 0 N–H and O–H groups in total. The first-order chi connectivity index (χ1) is 8.15. The molecule has 0 aromatic carbocycles. The van der Waals surface area contributed by atoms with E-state index in [0.29, 0.717) is 5.92 Å². The van der Waals surface area contributed by atoms with Gasteiger partial charge >= 0.3 is 0 Å². The second-order valence-electron chi connectivity index (χ2n) is 4.95. The molecule has 17 heavy (non-hydrogen) atoms. The lowest BCUT2D eigenvalue weighted by Crippen LogP contribution is -2.04. The predicted molar refractivity (Wildman–Crippen MR) is 80.2 cm³/mol. The third kappa shape index (κ3) is 8.01. The van der Waals surface area contributed by atoms with Crippen LogP contribution in [0.4, 0.5) is 0 Å². The number of hydrogen-bond acceptors (Lipinski definition) is 0. The van der Waals surface area contributed by atoms with Crippen molar-refractivity contribution in [2.45, 2.75) is 60.3 Å². The molecular formula is C17H30. The standard InChI is InChI=1S/C17H30/c1-6-9-11-13-17(12-10-7-2)14-16(5)15(4)8-3/h7,10-11,13-16H,6,8-9,12H2,1-5H3. The number of unbranched alkanes of at least 4 members (excludes halogenated alkanes) is 1. The summed E-state index contributed by atoms with van der Waals surface area (Å²) in [4.78, 5) is 0. The van der Waals surface area contributed by atoms with Crippen LogP contribution in [0.5, 0.6) is 0 Å². The Bertz CT molecular complexity index is 255. The third-order valence-electron chi connectivity index (χ3n) is 3.40. The lowest BCUT2D eigenvalue weighted by Gasteiger charge is -2.15. The van der Waals surface area contributed by atoms with Crippen molar-refractivity contribution < 1.29 is 0 Å². The van der Waals surface area contributed by atoms with Gasteiger partial charge in [0.15, 0.2) is 0 Å². The summed E-state index contributed by atoms with van der Waals surface area (Å²) in [5, 5.41) is 0. The summed E-state index contributed by atoms with van der Waals surface area (Å²) in [6, 6.07) is 0. The average molecular weight is 234 g/mol. The molecule has 0 fully saturated rings. The van der Waals surface area contributed by atoms with Gasteiger partial charge in [0.25, 0.3) is 0 Å². The van der Waals surface area contributed by atoms with Gasteiger partial charge in [-0.2, -0.15) is 0 Å². The van der Waals surface area contributed by atoms with Crippen LogP contribution in [0.1, 0.15) is 60.3 Å². The van der Waals surface area contributed by atoms with Crippen LogP contribution in [-0.2, 0) is 0 Å². The van der Waals surface area contributed by atoms with Gasteiger partial charge in [0, 0.05) is 0 Å². The van der Waals surface area contributed by atoms with E-state index >= 15 is 0 Å². The van der Waals surface area contributed by atoms with E-state index < -0.39 is 0 Å². The second-order valence-corrected chi connectivity index (χ2v) is 4.95. The quantitative estimate of drug-likeness (QED) is 0.361. The van der Waals surface area contributed by atoms with Crippen molar-refractivity contribution in [3.05, 3.63) is 36.0 Å². The van der Waals surface area contributed by atoms with Crippen molar-refractivity contribution in [3.8, 4) is 0 Å².